The fourth-order valence-corrected chi connectivity index (χ4v) is 1.54. The maximum Gasteiger partial charge on any atom is 0.310 e. The highest BCUT2D eigenvalue weighted by Crippen LogP contribution is 2.18. The number of carboxylic acid groups (broad SMARTS) is 1. The SMILES string of the molecule is CN(CCO)C1COCC1C(=O)O. The summed E-state index contributed by atoms with van der Waals surface area (Å²) in [5, 5.41) is 17.5. The first-order valence-electron chi connectivity index (χ1n) is 4.28. The van der Waals surface area contributed by atoms with Crippen molar-refractivity contribution in [2.24, 2.45) is 5.92 Å². The van der Waals surface area contributed by atoms with Crippen molar-refractivity contribution in [1.82, 2.24) is 4.90 Å². The molecule has 76 valence electrons. The fraction of sp³-hybridized carbons (Fsp3) is 0.875. The zero-order valence-corrected chi connectivity index (χ0v) is 7.64. The minimum Gasteiger partial charge on any atom is -0.481 e. The van der Waals surface area contributed by atoms with Gasteiger partial charge in [-0.3, -0.25) is 9.69 Å². The molecular formula is C8H15NO4. The van der Waals surface area contributed by atoms with Gasteiger partial charge in [0.1, 0.15) is 0 Å². The third-order valence-corrected chi connectivity index (χ3v) is 2.39. The number of aliphatic carboxylic acids is 1. The summed E-state index contributed by atoms with van der Waals surface area (Å²) in [6.07, 6.45) is 0. The lowest BCUT2D eigenvalue weighted by Gasteiger charge is -2.24. The average Bonchev–Trinajstić information content (AvgIpc) is 2.52. The smallest absolute Gasteiger partial charge is 0.310 e. The molecule has 0 aromatic rings. The lowest BCUT2D eigenvalue weighted by atomic mass is 10.0. The van der Waals surface area contributed by atoms with Crippen molar-refractivity contribution in [2.45, 2.75) is 6.04 Å². The molecule has 1 saturated heterocycles. The van der Waals surface area contributed by atoms with Gasteiger partial charge in [0, 0.05) is 12.6 Å². The summed E-state index contributed by atoms with van der Waals surface area (Å²) in [5.74, 6) is -1.29. The lowest BCUT2D eigenvalue weighted by molar-refractivity contribution is -0.143. The first kappa shape index (κ1) is 10.4. The van der Waals surface area contributed by atoms with Crippen molar-refractivity contribution in [2.75, 3.05) is 33.4 Å². The van der Waals surface area contributed by atoms with Crippen molar-refractivity contribution in [3.8, 4) is 0 Å². The molecule has 2 unspecified atom stereocenters. The molecule has 0 radical (unpaired) electrons. The molecule has 1 aliphatic rings. The second kappa shape index (κ2) is 4.55. The van der Waals surface area contributed by atoms with Gasteiger partial charge in [-0.15, -0.1) is 0 Å². The topological polar surface area (TPSA) is 70.0 Å². The van der Waals surface area contributed by atoms with Crippen molar-refractivity contribution in [3.63, 3.8) is 0 Å². The van der Waals surface area contributed by atoms with Crippen molar-refractivity contribution >= 4 is 5.97 Å². The van der Waals surface area contributed by atoms with E-state index in [0.29, 0.717) is 13.2 Å². The molecule has 2 N–H and O–H groups in total. The van der Waals surface area contributed by atoms with E-state index >= 15 is 0 Å². The van der Waals surface area contributed by atoms with Crippen LogP contribution in [-0.2, 0) is 9.53 Å². The van der Waals surface area contributed by atoms with Gasteiger partial charge < -0.3 is 14.9 Å². The van der Waals surface area contributed by atoms with Crippen LogP contribution in [0.4, 0.5) is 0 Å². The molecule has 1 aliphatic heterocycles. The minimum absolute atomic E-state index is 0.0410. The Morgan fingerprint density at radius 2 is 2.31 bits per heavy atom. The van der Waals surface area contributed by atoms with Crippen LogP contribution >= 0.6 is 0 Å². The van der Waals surface area contributed by atoms with Crippen LogP contribution in [-0.4, -0.2) is 60.5 Å². The molecule has 1 fully saturated rings. The van der Waals surface area contributed by atoms with Crippen LogP contribution in [0.1, 0.15) is 0 Å². The van der Waals surface area contributed by atoms with Gasteiger partial charge in [-0.2, -0.15) is 0 Å². The molecule has 5 nitrogen and oxygen atoms in total. The Morgan fingerprint density at radius 1 is 1.62 bits per heavy atom. The molecule has 1 heterocycles. The molecule has 0 amide bonds. The zero-order chi connectivity index (χ0) is 9.84. The summed E-state index contributed by atoms with van der Waals surface area (Å²) in [6.45, 7) is 1.24. The van der Waals surface area contributed by atoms with E-state index in [1.807, 2.05) is 4.90 Å². The number of carbonyl (C=O) groups is 1. The number of ether oxygens (including phenoxy) is 1. The molecule has 1 rings (SSSR count). The molecule has 0 aromatic carbocycles. The molecule has 2 atom stereocenters. The first-order chi connectivity index (χ1) is 6.16. The van der Waals surface area contributed by atoms with E-state index in [1.54, 1.807) is 7.05 Å². The molecule has 0 aliphatic carbocycles. The standard InChI is InChI=1S/C8H15NO4/c1-9(2-3-10)7-5-13-4-6(7)8(11)12/h6-7,10H,2-5H2,1H3,(H,11,12). The van der Waals surface area contributed by atoms with E-state index in [2.05, 4.69) is 0 Å². The maximum absolute atomic E-state index is 10.8. The molecule has 13 heavy (non-hydrogen) atoms. The van der Waals surface area contributed by atoms with E-state index in [-0.39, 0.29) is 19.3 Å². The second-order valence-electron chi connectivity index (χ2n) is 3.25. The number of hydrogen-bond acceptors (Lipinski definition) is 4. The third kappa shape index (κ3) is 2.40. The number of aliphatic hydroxyl groups is 1. The molecule has 0 aromatic heterocycles. The van der Waals surface area contributed by atoms with Crippen LogP contribution in [0.25, 0.3) is 0 Å². The summed E-state index contributed by atoms with van der Waals surface area (Å²) in [5.41, 5.74) is 0. The number of rotatable bonds is 4. The summed E-state index contributed by atoms with van der Waals surface area (Å²) in [7, 11) is 1.80. The largest absolute Gasteiger partial charge is 0.481 e. The molecular weight excluding hydrogens is 174 g/mol. The van der Waals surface area contributed by atoms with E-state index in [1.165, 1.54) is 0 Å². The Kier molecular flexibility index (Phi) is 3.65. The normalized spacial score (nSPS) is 28.2. The van der Waals surface area contributed by atoms with Gasteiger partial charge in [0.05, 0.1) is 25.7 Å². The highest BCUT2D eigenvalue weighted by molar-refractivity contribution is 5.71. The van der Waals surface area contributed by atoms with Crippen molar-refractivity contribution < 1.29 is 19.7 Å². The maximum atomic E-state index is 10.8. The lowest BCUT2D eigenvalue weighted by Crippen LogP contribution is -2.41. The predicted octanol–water partition coefficient (Wildman–Crippen LogP) is -0.990. The van der Waals surface area contributed by atoms with Gasteiger partial charge in [0.25, 0.3) is 0 Å². The van der Waals surface area contributed by atoms with Crippen molar-refractivity contribution in [1.29, 1.82) is 0 Å². The van der Waals surface area contributed by atoms with E-state index in [4.69, 9.17) is 14.9 Å². The summed E-state index contributed by atoms with van der Waals surface area (Å²) < 4.78 is 5.09. The van der Waals surface area contributed by atoms with Crippen LogP contribution in [0, 0.1) is 5.92 Å². The Morgan fingerprint density at radius 3 is 2.85 bits per heavy atom. The minimum atomic E-state index is -0.827. The van der Waals surface area contributed by atoms with Gasteiger partial charge in [0.15, 0.2) is 0 Å². The quantitative estimate of drug-likeness (QED) is 0.594. The summed E-state index contributed by atoms with van der Waals surface area (Å²) >= 11 is 0. The van der Waals surface area contributed by atoms with Gasteiger partial charge in [-0.05, 0) is 7.05 Å². The van der Waals surface area contributed by atoms with Gasteiger partial charge >= 0.3 is 5.97 Å². The van der Waals surface area contributed by atoms with Gasteiger partial charge in [-0.25, -0.2) is 0 Å². The number of carboxylic acids is 1. The van der Waals surface area contributed by atoms with E-state index < -0.39 is 11.9 Å². The fourth-order valence-electron chi connectivity index (χ4n) is 1.54. The van der Waals surface area contributed by atoms with Crippen LogP contribution in [0.5, 0.6) is 0 Å². The van der Waals surface area contributed by atoms with Crippen LogP contribution < -0.4 is 0 Å². The highest BCUT2D eigenvalue weighted by atomic mass is 16.5. The second-order valence-corrected chi connectivity index (χ2v) is 3.25. The van der Waals surface area contributed by atoms with Gasteiger partial charge in [-0.1, -0.05) is 0 Å². The average molecular weight is 189 g/mol. The molecule has 0 spiro atoms. The number of aliphatic hydroxyl groups excluding tert-OH is 1. The Balaban J connectivity index is 2.52. The number of likely N-dealkylation sites (N-methyl/N-ethyl adjacent to an activating group) is 1. The van der Waals surface area contributed by atoms with Gasteiger partial charge in [0.2, 0.25) is 0 Å². The Bertz CT molecular complexity index is 185. The predicted molar refractivity (Wildman–Crippen MR) is 45.4 cm³/mol. The monoisotopic (exact) mass is 189 g/mol. The van der Waals surface area contributed by atoms with E-state index in [0.717, 1.165) is 0 Å². The van der Waals surface area contributed by atoms with E-state index in [9.17, 15) is 4.79 Å². The molecule has 0 saturated carbocycles. The number of nitrogens with zero attached hydrogens (tertiary/aromatic N) is 1. The molecule has 0 bridgehead atoms. The van der Waals surface area contributed by atoms with Crippen molar-refractivity contribution in [3.05, 3.63) is 0 Å². The summed E-state index contributed by atoms with van der Waals surface area (Å²) in [6, 6.07) is -0.107. The Labute approximate surface area is 76.9 Å². The van der Waals surface area contributed by atoms with Crippen LogP contribution in [0.2, 0.25) is 0 Å². The van der Waals surface area contributed by atoms with Crippen LogP contribution in [0.3, 0.4) is 0 Å². The molecule has 5 heteroatoms. The summed E-state index contributed by atoms with van der Waals surface area (Å²) in [4.78, 5) is 12.6. The third-order valence-electron chi connectivity index (χ3n) is 2.39. The highest BCUT2D eigenvalue weighted by Gasteiger charge is 2.36. The van der Waals surface area contributed by atoms with Crippen LogP contribution in [0.15, 0.2) is 0 Å². The zero-order valence-electron chi connectivity index (χ0n) is 7.64. The number of hydrogen-bond donors (Lipinski definition) is 2. The first-order valence-corrected chi connectivity index (χ1v) is 4.28. The Hall–Kier alpha value is -0.650.